The third-order valence-electron chi connectivity index (χ3n) is 6.47. The lowest BCUT2D eigenvalue weighted by molar-refractivity contribution is -0.139. The van der Waals surface area contributed by atoms with Crippen LogP contribution in [0.1, 0.15) is 47.0 Å². The molecule has 0 radical (unpaired) electrons. The Morgan fingerprint density at radius 3 is 2.40 bits per heavy atom. The van der Waals surface area contributed by atoms with Crippen LogP contribution in [-0.2, 0) is 32.0 Å². The van der Waals surface area contributed by atoms with Gasteiger partial charge < -0.3 is 31.1 Å². The van der Waals surface area contributed by atoms with Gasteiger partial charge in [0.2, 0.25) is 16.7 Å². The molecule has 1 aromatic carbocycles. The molecule has 2 atom stereocenters. The summed E-state index contributed by atoms with van der Waals surface area (Å²) in [6, 6.07) is 1.61. The Morgan fingerprint density at radius 2 is 1.85 bits per heavy atom. The van der Waals surface area contributed by atoms with Gasteiger partial charge in [0.25, 0.3) is 0 Å². The second-order valence-electron chi connectivity index (χ2n) is 12.2. The molecular formula is C30H46ClFN9O7PS3. The quantitative estimate of drug-likeness (QED) is 0.0946. The molecule has 6 N–H and O–H groups in total. The van der Waals surface area contributed by atoms with Gasteiger partial charge in [-0.2, -0.15) is 15.0 Å². The summed E-state index contributed by atoms with van der Waals surface area (Å²) in [5.41, 5.74) is 5.12. The number of benzene rings is 1. The van der Waals surface area contributed by atoms with Gasteiger partial charge in [0.1, 0.15) is 17.5 Å². The van der Waals surface area contributed by atoms with Crippen LogP contribution in [0.15, 0.2) is 32.0 Å². The molecule has 4 rings (SSSR count). The van der Waals surface area contributed by atoms with Crippen LogP contribution in [0.25, 0.3) is 0 Å². The van der Waals surface area contributed by atoms with E-state index in [1.165, 1.54) is 31.6 Å². The molecule has 0 spiro atoms. The Balaban J connectivity index is 0.000000298. The number of carboxylic acid groups (broad SMARTS) is 1. The van der Waals surface area contributed by atoms with E-state index in [1.807, 2.05) is 13.2 Å². The smallest absolute Gasteiger partial charge is 0.325 e. The lowest BCUT2D eigenvalue weighted by atomic mass is 10.1. The van der Waals surface area contributed by atoms with Crippen molar-refractivity contribution in [3.05, 3.63) is 37.4 Å². The number of ether oxygens (including phenoxy) is 1. The number of thioether (sulfide) groups is 2. The molecule has 0 bridgehead atoms. The van der Waals surface area contributed by atoms with Gasteiger partial charge in [-0.15, -0.1) is 11.8 Å². The Bertz CT molecular complexity index is 1850. The molecule has 22 heteroatoms. The van der Waals surface area contributed by atoms with E-state index in [9.17, 15) is 23.3 Å². The van der Waals surface area contributed by atoms with E-state index in [4.69, 9.17) is 27.3 Å². The second-order valence-corrected chi connectivity index (χ2v) is 17.9. The Morgan fingerprint density at radius 1 is 1.21 bits per heavy atom. The van der Waals surface area contributed by atoms with Gasteiger partial charge in [-0.1, -0.05) is 23.4 Å². The highest BCUT2D eigenvalue weighted by Gasteiger charge is 2.18. The molecule has 52 heavy (non-hydrogen) atoms. The first-order chi connectivity index (χ1) is 24.3. The van der Waals surface area contributed by atoms with Gasteiger partial charge in [-0.05, 0) is 76.7 Å². The van der Waals surface area contributed by atoms with Gasteiger partial charge in [0, 0.05) is 42.9 Å². The van der Waals surface area contributed by atoms with Crippen molar-refractivity contribution in [2.24, 2.45) is 10.7 Å². The number of carbonyl (C=O) groups excluding carboxylic acids is 1. The number of nitrogens with one attached hydrogen (secondary N) is 2. The minimum atomic E-state index is -3.10. The zero-order valence-corrected chi connectivity index (χ0v) is 34.1. The van der Waals surface area contributed by atoms with Crippen LogP contribution >= 0.6 is 53.8 Å². The molecule has 2 aromatic heterocycles. The van der Waals surface area contributed by atoms with Crippen LogP contribution in [0.4, 0.5) is 22.0 Å². The van der Waals surface area contributed by atoms with Crippen molar-refractivity contribution in [1.82, 2.24) is 24.3 Å². The van der Waals surface area contributed by atoms with E-state index in [1.54, 1.807) is 9.36 Å². The number of esters is 1. The van der Waals surface area contributed by atoms with Crippen molar-refractivity contribution in [2.45, 2.75) is 81.7 Å². The van der Waals surface area contributed by atoms with Gasteiger partial charge >= 0.3 is 16.8 Å². The van der Waals surface area contributed by atoms with Crippen molar-refractivity contribution in [3.8, 4) is 0 Å². The van der Waals surface area contributed by atoms with Gasteiger partial charge in [0.15, 0.2) is 12.5 Å². The molecule has 2 unspecified atom stereocenters. The minimum Gasteiger partial charge on any atom is -0.480 e. The maximum atomic E-state index is 14.3. The molecule has 290 valence electrons. The molecule has 1 aliphatic heterocycles. The Hall–Kier alpha value is -3.00. The number of hydrogen-bond acceptors (Lipinski definition) is 15. The average Bonchev–Trinajstić information content (AvgIpc) is 3.38. The number of hydrogen-bond donors (Lipinski definition) is 5. The molecule has 0 fully saturated rings. The van der Waals surface area contributed by atoms with E-state index < -0.39 is 31.2 Å². The maximum Gasteiger partial charge on any atom is 0.325 e. The van der Waals surface area contributed by atoms with Crippen LogP contribution in [-0.4, -0.2) is 96.3 Å². The third-order valence-corrected chi connectivity index (χ3v) is 10.4. The van der Waals surface area contributed by atoms with Crippen LogP contribution in [0.5, 0.6) is 0 Å². The summed E-state index contributed by atoms with van der Waals surface area (Å²) in [5.74, 6) is -0.831. The number of aliphatic carboxylic acids is 1. The zero-order chi connectivity index (χ0) is 39.2. The lowest BCUT2D eigenvalue weighted by Gasteiger charge is -2.20. The minimum absolute atomic E-state index is 0.0412. The number of aromatic nitrogens is 5. The summed E-state index contributed by atoms with van der Waals surface area (Å²) in [6.07, 6.45) is 3.85. The predicted molar refractivity (Wildman–Crippen MR) is 205 cm³/mol. The fourth-order valence-corrected chi connectivity index (χ4v) is 7.11. The normalized spacial score (nSPS) is 14.4. The second kappa shape index (κ2) is 21.0. The van der Waals surface area contributed by atoms with Crippen molar-refractivity contribution < 1.29 is 33.3 Å². The summed E-state index contributed by atoms with van der Waals surface area (Å²) in [5, 5.41) is 15.5. The Kier molecular flexibility index (Phi) is 18.3. The highest BCUT2D eigenvalue weighted by Crippen LogP contribution is 2.36. The van der Waals surface area contributed by atoms with Crippen molar-refractivity contribution in [1.29, 1.82) is 0 Å². The van der Waals surface area contributed by atoms with E-state index in [0.29, 0.717) is 34.7 Å². The summed E-state index contributed by atoms with van der Waals surface area (Å²) in [7, 11) is -1.81. The summed E-state index contributed by atoms with van der Waals surface area (Å²) in [6.45, 7) is 11.5. The average molecular weight is 826 g/mol. The number of rotatable bonds is 12. The molecule has 0 amide bonds. The predicted octanol–water partition coefficient (Wildman–Crippen LogP) is 4.72. The van der Waals surface area contributed by atoms with E-state index in [2.05, 4.69) is 56.1 Å². The number of anilines is 2. The first-order valence-electron chi connectivity index (χ1n) is 15.9. The van der Waals surface area contributed by atoms with Crippen molar-refractivity contribution >= 4 is 83.4 Å². The zero-order valence-electron chi connectivity index (χ0n) is 30.0. The molecule has 0 aliphatic carbocycles. The number of nitrogens with two attached hydrogens (primary N) is 1. The number of carboxylic acids is 1. The van der Waals surface area contributed by atoms with E-state index in [-0.39, 0.29) is 39.5 Å². The fraction of sp³-hybridized carbons (Fsp3) is 0.567. The molecular weight excluding hydrogens is 780 g/mol. The topological polar surface area (TPSA) is 229 Å². The van der Waals surface area contributed by atoms with Gasteiger partial charge in [-0.3, -0.25) is 23.6 Å². The summed E-state index contributed by atoms with van der Waals surface area (Å²) < 4.78 is 32.9. The molecule has 3 heterocycles. The van der Waals surface area contributed by atoms with Crippen molar-refractivity contribution in [3.63, 3.8) is 0 Å². The standard InChI is InChI=1S/C15H15ClFN3O3S2.C10H19N5S.C5H12NO4P/c1-23-13(21)8-24-12-7-11(10(17)6-9(12)16)18-14-19-4-2-3-5-20(19)15(22)25-14;1-6-11-7-12-8(15-10(2,3)4)14-9(13-7)16-5;1-11(9,10)3-2-4(6)5(7)8/h6-7H,2-5,8H2,1H3;6H2,1-5H3,(H2,11,12,13,14,15);4H,2-3,6H2,1H3,(H,7,8)(H,9,10). The van der Waals surface area contributed by atoms with Crippen LogP contribution in [0, 0.1) is 5.82 Å². The highest BCUT2D eigenvalue weighted by molar-refractivity contribution is 8.00. The number of fused-ring (bicyclic) bond motifs is 1. The number of carbonyl (C=O) groups is 2. The number of nitrogens with zero attached hydrogens (tertiary/aromatic N) is 6. The maximum absolute atomic E-state index is 14.3. The largest absolute Gasteiger partial charge is 0.480 e. The fourth-order valence-electron chi connectivity index (χ4n) is 4.01. The lowest BCUT2D eigenvalue weighted by Crippen LogP contribution is -2.31. The van der Waals surface area contributed by atoms with Crippen LogP contribution in [0.2, 0.25) is 5.02 Å². The Labute approximate surface area is 318 Å². The van der Waals surface area contributed by atoms with Crippen LogP contribution in [0.3, 0.4) is 0 Å². The summed E-state index contributed by atoms with van der Waals surface area (Å²) in [4.78, 5) is 60.2. The molecule has 0 saturated heterocycles. The number of methoxy groups -OCH3 is 1. The summed E-state index contributed by atoms with van der Waals surface area (Å²) >= 11 is 9.68. The van der Waals surface area contributed by atoms with Crippen LogP contribution < -0.4 is 26.0 Å². The van der Waals surface area contributed by atoms with E-state index in [0.717, 1.165) is 53.7 Å². The first kappa shape index (κ1) is 45.2. The van der Waals surface area contributed by atoms with Gasteiger partial charge in [-0.25, -0.2) is 14.1 Å². The third kappa shape index (κ3) is 15.9. The molecule has 1 aliphatic rings. The molecule has 0 saturated carbocycles. The molecule has 3 aromatic rings. The SMILES string of the molecule is CCNc1nc(NC(C)(C)C)nc(SC)n1.COC(=O)CSc1cc(N=c2sc(=O)n3n2CCCC3)c(F)cc1Cl.CP(=O)(O)CCC(N)C(=O)O. The number of halogens is 2. The highest BCUT2D eigenvalue weighted by atomic mass is 35.5. The van der Waals surface area contributed by atoms with Gasteiger partial charge in [0.05, 0.1) is 17.9 Å². The monoisotopic (exact) mass is 825 g/mol. The van der Waals surface area contributed by atoms with Crippen molar-refractivity contribution in [2.75, 3.05) is 49.1 Å². The van der Waals surface area contributed by atoms with E-state index >= 15 is 0 Å². The first-order valence-corrected chi connectivity index (χ1v) is 21.6. The molecule has 16 nitrogen and oxygen atoms in total.